The van der Waals surface area contributed by atoms with Gasteiger partial charge in [0.1, 0.15) is 11.6 Å². The Morgan fingerprint density at radius 1 is 0.952 bits per heavy atom. The third-order valence-corrected chi connectivity index (χ3v) is 7.33. The Bertz CT molecular complexity index is 1770. The predicted molar refractivity (Wildman–Crippen MR) is 160 cm³/mol. The number of nitriles is 1. The summed E-state index contributed by atoms with van der Waals surface area (Å²) >= 11 is 6.13. The number of amides is 2. The second kappa shape index (κ2) is 12.2. The molecule has 0 spiro atoms. The minimum atomic E-state index is -0.615. The summed E-state index contributed by atoms with van der Waals surface area (Å²) < 4.78 is 12.4. The maximum Gasteiger partial charge on any atom is 0.271 e. The first-order valence-electron chi connectivity index (χ1n) is 13.2. The summed E-state index contributed by atoms with van der Waals surface area (Å²) in [5.41, 5.74) is 4.25. The summed E-state index contributed by atoms with van der Waals surface area (Å²) in [4.78, 5) is 28.2. The number of rotatable bonds is 8. The monoisotopic (exact) mass is 578 g/mol. The van der Waals surface area contributed by atoms with E-state index in [9.17, 15) is 14.9 Å². The fourth-order valence-corrected chi connectivity index (χ4v) is 4.93. The minimum Gasteiger partial charge on any atom is -0.493 e. The smallest absolute Gasteiger partial charge is 0.271 e. The molecule has 2 heterocycles. The zero-order chi connectivity index (χ0) is 29.8. The molecule has 0 fully saturated rings. The molecule has 1 aromatic heterocycles. The Balaban J connectivity index is 1.55. The fourth-order valence-electron chi connectivity index (χ4n) is 4.80. The van der Waals surface area contributed by atoms with E-state index in [2.05, 4.69) is 0 Å². The molecule has 0 radical (unpaired) electrons. The molecule has 0 saturated heterocycles. The number of hydrogen-bond donors (Lipinski definition) is 0. The van der Waals surface area contributed by atoms with Gasteiger partial charge in [0.15, 0.2) is 11.5 Å². The van der Waals surface area contributed by atoms with Crippen molar-refractivity contribution in [3.05, 3.63) is 112 Å². The second-order valence-electron chi connectivity index (χ2n) is 9.59. The summed E-state index contributed by atoms with van der Waals surface area (Å²) in [6.07, 6.45) is 3.88. The Hall–Kier alpha value is -5.13. The Labute approximate surface area is 248 Å². The number of halogens is 1. The number of hydrogen-bond acceptors (Lipinski definition) is 6. The molecular formula is C33H27ClN4O4. The molecule has 4 aromatic rings. The van der Waals surface area contributed by atoms with E-state index >= 15 is 0 Å². The van der Waals surface area contributed by atoms with Crippen molar-refractivity contribution in [2.45, 2.75) is 13.3 Å². The number of benzene rings is 3. The first-order valence-corrected chi connectivity index (χ1v) is 13.5. The van der Waals surface area contributed by atoms with Crippen LogP contribution in [-0.2, 0) is 16.0 Å². The van der Waals surface area contributed by atoms with Gasteiger partial charge in [0.2, 0.25) is 0 Å². The summed E-state index contributed by atoms with van der Waals surface area (Å²) in [6, 6.07) is 24.3. The van der Waals surface area contributed by atoms with Gasteiger partial charge in [-0.2, -0.15) is 10.4 Å². The van der Waals surface area contributed by atoms with Gasteiger partial charge in [-0.05, 0) is 67.0 Å². The van der Waals surface area contributed by atoms with Crippen LogP contribution in [-0.4, -0.2) is 47.3 Å². The van der Waals surface area contributed by atoms with Crippen LogP contribution in [0.2, 0.25) is 5.02 Å². The molecule has 9 heteroatoms. The van der Waals surface area contributed by atoms with Gasteiger partial charge in [-0.3, -0.25) is 14.5 Å². The van der Waals surface area contributed by atoms with Crippen LogP contribution in [0.1, 0.15) is 18.1 Å². The lowest BCUT2D eigenvalue weighted by Gasteiger charge is -2.27. The molecule has 1 aliphatic rings. The molecule has 2 amide bonds. The highest BCUT2D eigenvalue weighted by Crippen LogP contribution is 2.32. The van der Waals surface area contributed by atoms with Crippen molar-refractivity contribution in [3.63, 3.8) is 0 Å². The molecule has 210 valence electrons. The number of methoxy groups -OCH3 is 2. The van der Waals surface area contributed by atoms with Gasteiger partial charge in [0.25, 0.3) is 11.8 Å². The molecule has 42 heavy (non-hydrogen) atoms. The van der Waals surface area contributed by atoms with Gasteiger partial charge in [-0.15, -0.1) is 0 Å². The van der Waals surface area contributed by atoms with E-state index in [1.807, 2.05) is 60.8 Å². The first kappa shape index (κ1) is 28.4. The quantitative estimate of drug-likeness (QED) is 0.187. The molecular weight excluding hydrogens is 552 g/mol. The lowest BCUT2D eigenvalue weighted by atomic mass is 9.93. The molecule has 5 rings (SSSR count). The number of para-hydroxylation sites is 1. The van der Waals surface area contributed by atoms with Crippen molar-refractivity contribution in [3.8, 4) is 34.5 Å². The van der Waals surface area contributed by atoms with Gasteiger partial charge in [0, 0.05) is 34.5 Å². The number of ether oxygens (including phenoxy) is 2. The van der Waals surface area contributed by atoms with Crippen molar-refractivity contribution in [1.29, 1.82) is 5.26 Å². The minimum absolute atomic E-state index is 0.0725. The summed E-state index contributed by atoms with van der Waals surface area (Å²) in [5.74, 6) is 0.0296. The van der Waals surface area contributed by atoms with Gasteiger partial charge < -0.3 is 9.47 Å². The average Bonchev–Trinajstić information content (AvgIpc) is 3.44. The van der Waals surface area contributed by atoms with E-state index in [1.54, 1.807) is 56.2 Å². The van der Waals surface area contributed by atoms with Crippen LogP contribution in [0.15, 0.2) is 95.7 Å². The number of aromatic nitrogens is 2. The topological polar surface area (TPSA) is 97.5 Å². The van der Waals surface area contributed by atoms with Crippen LogP contribution in [0.5, 0.6) is 11.5 Å². The standard InChI is InChI=1S/C33H27ClN4O4/c1-21-27(18-24-20-38(26-7-5-4-6-8-26)36-31(24)23-10-12-25(34)13-11-23)32(39)37(33(40)28(21)19-35)16-15-22-9-14-29(41-2)30(17-22)42-3/h4-14,17-18,20H,15-16H2,1-3H3/b27-18+. The number of carbonyl (C=O) groups excluding carboxylic acids is 2. The van der Waals surface area contributed by atoms with Crippen LogP contribution >= 0.6 is 11.6 Å². The zero-order valence-corrected chi connectivity index (χ0v) is 24.1. The van der Waals surface area contributed by atoms with Gasteiger partial charge in [-0.1, -0.05) is 48.0 Å². The van der Waals surface area contributed by atoms with E-state index in [1.165, 1.54) is 0 Å². The van der Waals surface area contributed by atoms with Crippen molar-refractivity contribution in [2.24, 2.45) is 0 Å². The van der Waals surface area contributed by atoms with E-state index in [4.69, 9.17) is 26.2 Å². The molecule has 0 atom stereocenters. The van der Waals surface area contributed by atoms with Gasteiger partial charge >= 0.3 is 0 Å². The van der Waals surface area contributed by atoms with Gasteiger partial charge in [-0.25, -0.2) is 4.68 Å². The molecule has 1 aliphatic heterocycles. The van der Waals surface area contributed by atoms with E-state index < -0.39 is 11.8 Å². The lowest BCUT2D eigenvalue weighted by Crippen LogP contribution is -2.43. The van der Waals surface area contributed by atoms with Crippen molar-refractivity contribution >= 4 is 29.5 Å². The third kappa shape index (κ3) is 5.55. The van der Waals surface area contributed by atoms with Gasteiger partial charge in [0.05, 0.1) is 25.6 Å². The Morgan fingerprint density at radius 2 is 1.67 bits per heavy atom. The average molecular weight is 579 g/mol. The van der Waals surface area contributed by atoms with Crippen molar-refractivity contribution < 1.29 is 19.1 Å². The molecule has 0 unspecified atom stereocenters. The van der Waals surface area contributed by atoms with Crippen molar-refractivity contribution in [1.82, 2.24) is 14.7 Å². The molecule has 3 aromatic carbocycles. The summed E-state index contributed by atoms with van der Waals surface area (Å²) in [5, 5.41) is 15.3. The normalized spacial score (nSPS) is 14.4. The van der Waals surface area contributed by atoms with E-state index in [-0.39, 0.29) is 17.7 Å². The molecule has 0 aliphatic carbocycles. The zero-order valence-electron chi connectivity index (χ0n) is 23.3. The molecule has 8 nitrogen and oxygen atoms in total. The van der Waals surface area contributed by atoms with Crippen LogP contribution in [0.4, 0.5) is 0 Å². The predicted octanol–water partition coefficient (Wildman–Crippen LogP) is 6.04. The second-order valence-corrected chi connectivity index (χ2v) is 10.0. The van der Waals surface area contributed by atoms with Crippen LogP contribution in [0.25, 0.3) is 23.0 Å². The Morgan fingerprint density at radius 3 is 2.33 bits per heavy atom. The first-order chi connectivity index (χ1) is 20.3. The summed E-state index contributed by atoms with van der Waals surface area (Å²) in [6.45, 7) is 1.70. The van der Waals surface area contributed by atoms with Crippen LogP contribution in [0, 0.1) is 11.3 Å². The lowest BCUT2D eigenvalue weighted by molar-refractivity contribution is -0.140. The van der Waals surface area contributed by atoms with E-state index in [0.717, 1.165) is 21.7 Å². The highest BCUT2D eigenvalue weighted by Gasteiger charge is 2.35. The third-order valence-electron chi connectivity index (χ3n) is 7.08. The molecule has 0 saturated carbocycles. The highest BCUT2D eigenvalue weighted by atomic mass is 35.5. The fraction of sp³-hybridized carbons (Fsp3) is 0.152. The maximum absolute atomic E-state index is 13.8. The van der Waals surface area contributed by atoms with Crippen molar-refractivity contribution in [2.75, 3.05) is 20.8 Å². The maximum atomic E-state index is 13.8. The Kier molecular flexibility index (Phi) is 8.23. The van der Waals surface area contributed by atoms with E-state index in [0.29, 0.717) is 39.8 Å². The molecule has 0 N–H and O–H groups in total. The summed E-state index contributed by atoms with van der Waals surface area (Å²) in [7, 11) is 3.10. The SMILES string of the molecule is COc1ccc(CCN2C(=O)C(C#N)=C(C)/C(=C\c3cn(-c4ccccc4)nc3-c3ccc(Cl)cc3)C2=O)cc1OC. The number of nitrogens with zero attached hydrogens (tertiary/aromatic N) is 4. The number of imide groups is 1. The largest absolute Gasteiger partial charge is 0.493 e. The molecule has 0 bridgehead atoms. The highest BCUT2D eigenvalue weighted by molar-refractivity contribution is 6.30. The van der Waals surface area contributed by atoms with Crippen LogP contribution < -0.4 is 9.47 Å². The van der Waals surface area contributed by atoms with Crippen LogP contribution in [0.3, 0.4) is 0 Å². The number of carbonyl (C=O) groups is 2.